The minimum Gasteiger partial charge on any atom is -0.396 e. The summed E-state index contributed by atoms with van der Waals surface area (Å²) in [5.74, 6) is 0.508. The number of ether oxygens (including phenoxy) is 1. The average Bonchev–Trinajstić information content (AvgIpc) is 2.39. The van der Waals surface area contributed by atoms with E-state index >= 15 is 0 Å². The molecule has 1 aromatic carbocycles. The molecule has 3 heteroatoms. The SMILES string of the molecule is OCC1CCC(OCc2ccc(I)cc2)CC1. The number of halogens is 1. The van der Waals surface area contributed by atoms with Crippen molar-refractivity contribution in [3.05, 3.63) is 33.4 Å². The van der Waals surface area contributed by atoms with Crippen LogP contribution in [0.15, 0.2) is 24.3 Å². The van der Waals surface area contributed by atoms with E-state index in [4.69, 9.17) is 9.84 Å². The van der Waals surface area contributed by atoms with Gasteiger partial charge in [-0.2, -0.15) is 0 Å². The topological polar surface area (TPSA) is 29.5 Å². The summed E-state index contributed by atoms with van der Waals surface area (Å²) in [5, 5.41) is 9.07. The van der Waals surface area contributed by atoms with Crippen LogP contribution >= 0.6 is 22.6 Å². The molecular weight excluding hydrogens is 327 g/mol. The van der Waals surface area contributed by atoms with Crippen LogP contribution in [-0.4, -0.2) is 17.8 Å². The Bertz CT molecular complexity index is 329. The van der Waals surface area contributed by atoms with Gasteiger partial charge < -0.3 is 9.84 Å². The predicted octanol–water partition coefficient (Wildman–Crippen LogP) is 3.36. The quantitative estimate of drug-likeness (QED) is 0.848. The lowest BCUT2D eigenvalue weighted by molar-refractivity contribution is 0.00120. The molecule has 0 aliphatic heterocycles. The zero-order chi connectivity index (χ0) is 12.1. The molecule has 1 aromatic rings. The fraction of sp³-hybridized carbons (Fsp3) is 0.571. The van der Waals surface area contributed by atoms with Crippen molar-refractivity contribution in [1.82, 2.24) is 0 Å². The van der Waals surface area contributed by atoms with Crippen molar-refractivity contribution in [2.24, 2.45) is 5.92 Å². The van der Waals surface area contributed by atoms with Crippen LogP contribution in [0.25, 0.3) is 0 Å². The molecule has 0 heterocycles. The second-order valence-corrected chi connectivity index (χ2v) is 6.01. The van der Waals surface area contributed by atoms with E-state index in [9.17, 15) is 0 Å². The van der Waals surface area contributed by atoms with Gasteiger partial charge in [0.2, 0.25) is 0 Å². The lowest BCUT2D eigenvalue weighted by Gasteiger charge is -2.27. The van der Waals surface area contributed by atoms with Crippen molar-refractivity contribution in [2.75, 3.05) is 6.61 Å². The van der Waals surface area contributed by atoms with E-state index in [1.807, 2.05) is 0 Å². The van der Waals surface area contributed by atoms with Crippen molar-refractivity contribution >= 4 is 22.6 Å². The molecule has 0 spiro atoms. The third-order valence-electron chi connectivity index (χ3n) is 3.45. The van der Waals surface area contributed by atoms with Gasteiger partial charge in [0.05, 0.1) is 12.7 Å². The Labute approximate surface area is 117 Å². The van der Waals surface area contributed by atoms with E-state index in [0.29, 0.717) is 25.2 Å². The number of hydrogen-bond donors (Lipinski definition) is 1. The summed E-state index contributed by atoms with van der Waals surface area (Å²) in [7, 11) is 0. The molecule has 0 radical (unpaired) electrons. The number of aliphatic hydroxyl groups excluding tert-OH is 1. The molecule has 1 saturated carbocycles. The lowest BCUT2D eigenvalue weighted by atomic mass is 9.88. The van der Waals surface area contributed by atoms with Crippen molar-refractivity contribution in [3.63, 3.8) is 0 Å². The second kappa shape index (κ2) is 6.71. The summed E-state index contributed by atoms with van der Waals surface area (Å²) in [4.78, 5) is 0. The first-order valence-corrected chi connectivity index (χ1v) is 7.32. The summed E-state index contributed by atoms with van der Waals surface area (Å²) >= 11 is 2.31. The van der Waals surface area contributed by atoms with Gasteiger partial charge in [-0.25, -0.2) is 0 Å². The third kappa shape index (κ3) is 4.23. The minimum absolute atomic E-state index is 0.337. The number of benzene rings is 1. The van der Waals surface area contributed by atoms with Crippen LogP contribution in [0.1, 0.15) is 31.2 Å². The smallest absolute Gasteiger partial charge is 0.0720 e. The average molecular weight is 346 g/mol. The molecule has 0 saturated heterocycles. The minimum atomic E-state index is 0.337. The molecule has 1 N–H and O–H groups in total. The highest BCUT2D eigenvalue weighted by molar-refractivity contribution is 14.1. The van der Waals surface area contributed by atoms with Gasteiger partial charge in [0, 0.05) is 10.2 Å². The largest absolute Gasteiger partial charge is 0.396 e. The highest BCUT2D eigenvalue weighted by Crippen LogP contribution is 2.26. The summed E-state index contributed by atoms with van der Waals surface area (Å²) < 4.78 is 7.18. The van der Waals surface area contributed by atoms with E-state index in [1.165, 1.54) is 9.13 Å². The summed E-state index contributed by atoms with van der Waals surface area (Å²) in [6, 6.07) is 8.48. The Morgan fingerprint density at radius 1 is 1.12 bits per heavy atom. The number of hydrogen-bond acceptors (Lipinski definition) is 2. The first kappa shape index (κ1) is 13.3. The van der Waals surface area contributed by atoms with Gasteiger partial charge in [0.1, 0.15) is 0 Å². The van der Waals surface area contributed by atoms with Gasteiger partial charge in [-0.1, -0.05) is 12.1 Å². The maximum absolute atomic E-state index is 9.07. The molecule has 1 aliphatic carbocycles. The summed E-state index contributed by atoms with van der Waals surface area (Å²) in [6.07, 6.45) is 4.78. The Morgan fingerprint density at radius 3 is 2.35 bits per heavy atom. The first-order chi connectivity index (χ1) is 8.28. The molecule has 94 valence electrons. The third-order valence-corrected chi connectivity index (χ3v) is 4.17. The standard InChI is InChI=1S/C14H19IO2/c15-13-5-1-12(2-6-13)10-17-14-7-3-11(9-16)4-8-14/h1-2,5-6,11,14,16H,3-4,7-10H2. The van der Waals surface area contributed by atoms with Crippen LogP contribution in [0.2, 0.25) is 0 Å². The van der Waals surface area contributed by atoms with Gasteiger partial charge in [-0.05, 0) is 71.9 Å². The Hall–Kier alpha value is -0.130. The normalized spacial score (nSPS) is 24.8. The van der Waals surface area contributed by atoms with E-state index in [2.05, 4.69) is 46.9 Å². The predicted molar refractivity (Wildman–Crippen MR) is 76.8 cm³/mol. The monoisotopic (exact) mass is 346 g/mol. The maximum Gasteiger partial charge on any atom is 0.0720 e. The van der Waals surface area contributed by atoms with E-state index < -0.39 is 0 Å². The highest BCUT2D eigenvalue weighted by atomic mass is 127. The van der Waals surface area contributed by atoms with Gasteiger partial charge in [0.25, 0.3) is 0 Å². The molecule has 0 atom stereocenters. The zero-order valence-electron chi connectivity index (χ0n) is 9.94. The first-order valence-electron chi connectivity index (χ1n) is 6.25. The van der Waals surface area contributed by atoms with Gasteiger partial charge in [-0.3, -0.25) is 0 Å². The van der Waals surface area contributed by atoms with Gasteiger partial charge in [0.15, 0.2) is 0 Å². The van der Waals surface area contributed by atoms with Crippen molar-refractivity contribution in [3.8, 4) is 0 Å². The maximum atomic E-state index is 9.07. The van der Waals surface area contributed by atoms with E-state index in [-0.39, 0.29) is 0 Å². The molecule has 0 aromatic heterocycles. The van der Waals surface area contributed by atoms with Crippen LogP contribution in [-0.2, 0) is 11.3 Å². The molecule has 2 rings (SSSR count). The summed E-state index contributed by atoms with van der Waals surface area (Å²) in [5.41, 5.74) is 1.25. The molecule has 0 amide bonds. The van der Waals surface area contributed by atoms with Crippen LogP contribution in [0.4, 0.5) is 0 Å². The van der Waals surface area contributed by atoms with E-state index in [0.717, 1.165) is 25.7 Å². The zero-order valence-corrected chi connectivity index (χ0v) is 12.1. The van der Waals surface area contributed by atoms with Crippen LogP contribution in [0.3, 0.4) is 0 Å². The molecule has 2 nitrogen and oxygen atoms in total. The van der Waals surface area contributed by atoms with Crippen LogP contribution in [0.5, 0.6) is 0 Å². The fourth-order valence-electron chi connectivity index (χ4n) is 2.28. The van der Waals surface area contributed by atoms with Gasteiger partial charge in [-0.15, -0.1) is 0 Å². The molecule has 1 aliphatic rings. The fourth-order valence-corrected chi connectivity index (χ4v) is 2.64. The van der Waals surface area contributed by atoms with E-state index in [1.54, 1.807) is 0 Å². The second-order valence-electron chi connectivity index (χ2n) is 4.76. The van der Waals surface area contributed by atoms with Crippen molar-refractivity contribution in [2.45, 2.75) is 38.4 Å². The summed E-state index contributed by atoms with van der Waals surface area (Å²) in [6.45, 7) is 1.05. The number of rotatable bonds is 4. The van der Waals surface area contributed by atoms with Crippen LogP contribution in [0, 0.1) is 9.49 Å². The van der Waals surface area contributed by atoms with Crippen molar-refractivity contribution in [1.29, 1.82) is 0 Å². The Balaban J connectivity index is 1.74. The lowest BCUT2D eigenvalue weighted by Crippen LogP contribution is -2.23. The van der Waals surface area contributed by atoms with Crippen LogP contribution < -0.4 is 0 Å². The number of aliphatic hydroxyl groups is 1. The Kier molecular flexibility index (Phi) is 5.25. The molecule has 0 bridgehead atoms. The van der Waals surface area contributed by atoms with Crippen molar-refractivity contribution < 1.29 is 9.84 Å². The molecule has 17 heavy (non-hydrogen) atoms. The molecule has 1 fully saturated rings. The molecule has 0 unspecified atom stereocenters. The van der Waals surface area contributed by atoms with Gasteiger partial charge >= 0.3 is 0 Å². The Morgan fingerprint density at radius 2 is 1.76 bits per heavy atom. The highest BCUT2D eigenvalue weighted by Gasteiger charge is 2.20. The molecular formula is C14H19IO2.